The van der Waals surface area contributed by atoms with Crippen LogP contribution < -0.4 is 0 Å². The molecule has 5 aromatic rings. The lowest BCUT2D eigenvalue weighted by Gasteiger charge is -2.03. The van der Waals surface area contributed by atoms with E-state index >= 15 is 0 Å². The molecule has 0 radical (unpaired) electrons. The Morgan fingerprint density at radius 2 is 1.73 bits per heavy atom. The molecule has 0 bridgehead atoms. The molecule has 0 aliphatic carbocycles. The van der Waals surface area contributed by atoms with Gasteiger partial charge in [0.25, 0.3) is 0 Å². The molecule has 0 saturated carbocycles. The lowest BCUT2D eigenvalue weighted by atomic mass is 9.99. The summed E-state index contributed by atoms with van der Waals surface area (Å²) in [7, 11) is 0. The first-order valence-corrected chi connectivity index (χ1v) is 7.38. The first-order chi connectivity index (χ1) is 10.8. The molecule has 0 spiro atoms. The van der Waals surface area contributed by atoms with Crippen LogP contribution in [-0.2, 0) is 0 Å². The van der Waals surface area contributed by atoms with Crippen LogP contribution in [0.1, 0.15) is 5.56 Å². The molecule has 1 nitrogen and oxygen atoms in total. The maximum atomic E-state index is 6.13. The maximum Gasteiger partial charge on any atom is 0.136 e. The Bertz CT molecular complexity index is 1180. The van der Waals surface area contributed by atoms with Gasteiger partial charge in [-0.15, -0.1) is 0 Å². The van der Waals surface area contributed by atoms with Gasteiger partial charge in [0.15, 0.2) is 0 Å². The van der Waals surface area contributed by atoms with E-state index in [4.69, 9.17) is 4.42 Å². The Labute approximate surface area is 127 Å². The van der Waals surface area contributed by atoms with Gasteiger partial charge in [0, 0.05) is 16.2 Å². The third kappa shape index (κ3) is 1.44. The van der Waals surface area contributed by atoms with E-state index in [1.807, 2.05) is 12.1 Å². The molecule has 1 heteroatoms. The fraction of sp³-hybridized carbons (Fsp3) is 0.0476. The van der Waals surface area contributed by atoms with Crippen LogP contribution in [0, 0.1) is 19.1 Å². The van der Waals surface area contributed by atoms with Crippen molar-refractivity contribution >= 4 is 43.5 Å². The van der Waals surface area contributed by atoms with E-state index in [2.05, 4.69) is 61.5 Å². The van der Waals surface area contributed by atoms with Crippen LogP contribution in [0.5, 0.6) is 0 Å². The number of rotatable bonds is 0. The van der Waals surface area contributed by atoms with Gasteiger partial charge in [-0.3, -0.25) is 0 Å². The van der Waals surface area contributed by atoms with Crippen LogP contribution in [0.2, 0.25) is 0 Å². The Morgan fingerprint density at radius 1 is 0.864 bits per heavy atom. The zero-order chi connectivity index (χ0) is 14.7. The van der Waals surface area contributed by atoms with Gasteiger partial charge in [0.2, 0.25) is 0 Å². The minimum absolute atomic E-state index is 0.929. The molecule has 5 rings (SSSR count). The molecule has 4 aromatic carbocycles. The molecule has 102 valence electrons. The second-order valence-corrected chi connectivity index (χ2v) is 5.75. The molecular formula is C21H12O. The van der Waals surface area contributed by atoms with Crippen LogP contribution >= 0.6 is 0 Å². The molecule has 0 aliphatic rings. The predicted octanol–water partition coefficient (Wildman–Crippen LogP) is 5.80. The minimum Gasteiger partial charge on any atom is -0.456 e. The zero-order valence-corrected chi connectivity index (χ0v) is 12.1. The smallest absolute Gasteiger partial charge is 0.136 e. The Hall–Kier alpha value is -2.98. The van der Waals surface area contributed by atoms with Gasteiger partial charge in [-0.2, -0.15) is 0 Å². The second kappa shape index (κ2) is 4.02. The lowest BCUT2D eigenvalue weighted by molar-refractivity contribution is 0.669. The van der Waals surface area contributed by atoms with Gasteiger partial charge >= 0.3 is 0 Å². The Morgan fingerprint density at radius 3 is 2.64 bits per heavy atom. The molecule has 0 N–H and O–H groups in total. The number of fused-ring (bicyclic) bond motifs is 6. The van der Waals surface area contributed by atoms with E-state index in [1.165, 1.54) is 21.7 Å². The molecule has 1 heterocycles. The van der Waals surface area contributed by atoms with Gasteiger partial charge in [-0.25, -0.2) is 0 Å². The third-order valence-electron chi connectivity index (χ3n) is 4.41. The maximum absolute atomic E-state index is 6.13. The van der Waals surface area contributed by atoms with Crippen LogP contribution in [0.3, 0.4) is 0 Å². The molecule has 0 saturated heterocycles. The second-order valence-electron chi connectivity index (χ2n) is 5.75. The third-order valence-corrected chi connectivity index (χ3v) is 4.41. The molecule has 0 amide bonds. The molecule has 0 fully saturated rings. The minimum atomic E-state index is 0.929. The summed E-state index contributed by atoms with van der Waals surface area (Å²) in [6.07, 6.45) is 0. The highest BCUT2D eigenvalue weighted by Crippen LogP contribution is 2.37. The monoisotopic (exact) mass is 280 g/mol. The molecule has 0 unspecified atom stereocenters. The number of hydrogen-bond acceptors (Lipinski definition) is 1. The van der Waals surface area contributed by atoms with E-state index in [1.54, 1.807) is 0 Å². The largest absolute Gasteiger partial charge is 0.456 e. The lowest BCUT2D eigenvalue weighted by Crippen LogP contribution is -1.79. The van der Waals surface area contributed by atoms with Crippen molar-refractivity contribution in [2.45, 2.75) is 6.92 Å². The Balaban J connectivity index is 2.09. The first kappa shape index (κ1) is 11.7. The van der Waals surface area contributed by atoms with E-state index in [0.717, 1.165) is 27.3 Å². The summed E-state index contributed by atoms with van der Waals surface area (Å²) in [5.74, 6) is 0. The number of aryl methyl sites for hydroxylation is 1. The summed E-state index contributed by atoms with van der Waals surface area (Å²) in [4.78, 5) is 0. The summed E-state index contributed by atoms with van der Waals surface area (Å²) in [6, 6.07) is 25.1. The van der Waals surface area contributed by atoms with Crippen molar-refractivity contribution in [2.75, 3.05) is 0 Å². The Kier molecular flexibility index (Phi) is 2.13. The SMILES string of the molecule is Cc1cc2oc3cc4ccc#cc4cc3c2c2ccccc12. The molecular weight excluding hydrogens is 268 g/mol. The van der Waals surface area contributed by atoms with Crippen molar-refractivity contribution in [3.05, 3.63) is 72.3 Å². The van der Waals surface area contributed by atoms with Crippen LogP contribution in [0.25, 0.3) is 43.5 Å². The number of furan rings is 1. The van der Waals surface area contributed by atoms with Gasteiger partial charge in [0.1, 0.15) is 11.2 Å². The normalized spacial score (nSPS) is 11.5. The summed E-state index contributed by atoms with van der Waals surface area (Å²) >= 11 is 0. The van der Waals surface area contributed by atoms with Crippen molar-refractivity contribution in [3.8, 4) is 0 Å². The van der Waals surface area contributed by atoms with Crippen LogP contribution in [-0.4, -0.2) is 0 Å². The molecule has 22 heavy (non-hydrogen) atoms. The topological polar surface area (TPSA) is 13.1 Å². The molecule has 0 aliphatic heterocycles. The quantitative estimate of drug-likeness (QED) is 0.349. The van der Waals surface area contributed by atoms with Crippen LogP contribution in [0.4, 0.5) is 0 Å². The van der Waals surface area contributed by atoms with Gasteiger partial charge in [0.05, 0.1) is 0 Å². The van der Waals surface area contributed by atoms with E-state index < -0.39 is 0 Å². The molecule has 1 aromatic heterocycles. The van der Waals surface area contributed by atoms with Crippen molar-refractivity contribution in [2.24, 2.45) is 0 Å². The average Bonchev–Trinajstić information content (AvgIpc) is 2.90. The molecule has 0 atom stereocenters. The van der Waals surface area contributed by atoms with Crippen molar-refractivity contribution in [3.63, 3.8) is 0 Å². The standard InChI is InChI=1S/C21H12O/c1-13-10-20-21(17-9-5-4-8-16(13)17)18-11-14-6-2-3-7-15(14)12-19(18)22-20/h3-5,7-12H,1H3. The first-order valence-electron chi connectivity index (χ1n) is 7.38. The highest BCUT2D eigenvalue weighted by molar-refractivity contribution is 6.21. The van der Waals surface area contributed by atoms with Crippen molar-refractivity contribution in [1.29, 1.82) is 0 Å². The van der Waals surface area contributed by atoms with Gasteiger partial charge in [-0.05, 0) is 59.0 Å². The highest BCUT2D eigenvalue weighted by atomic mass is 16.3. The van der Waals surface area contributed by atoms with Crippen molar-refractivity contribution < 1.29 is 4.42 Å². The van der Waals surface area contributed by atoms with Crippen LogP contribution in [0.15, 0.2) is 59.0 Å². The number of hydrogen-bond donors (Lipinski definition) is 0. The van der Waals surface area contributed by atoms with Gasteiger partial charge < -0.3 is 4.42 Å². The summed E-state index contributed by atoms with van der Waals surface area (Å²) < 4.78 is 6.13. The summed E-state index contributed by atoms with van der Waals surface area (Å²) in [5, 5.41) is 7.07. The highest BCUT2D eigenvalue weighted by Gasteiger charge is 2.12. The van der Waals surface area contributed by atoms with E-state index in [-0.39, 0.29) is 0 Å². The van der Waals surface area contributed by atoms with Gasteiger partial charge in [-0.1, -0.05) is 36.4 Å². The summed E-state index contributed by atoms with van der Waals surface area (Å²) in [5.41, 5.74) is 3.12. The van der Waals surface area contributed by atoms with Crippen molar-refractivity contribution in [1.82, 2.24) is 0 Å². The average molecular weight is 280 g/mol. The van der Waals surface area contributed by atoms with E-state index in [9.17, 15) is 0 Å². The zero-order valence-electron chi connectivity index (χ0n) is 12.1. The predicted molar refractivity (Wildman–Crippen MR) is 91.1 cm³/mol. The summed E-state index contributed by atoms with van der Waals surface area (Å²) in [6.45, 7) is 2.13. The number of benzene rings is 3. The van der Waals surface area contributed by atoms with E-state index in [0.29, 0.717) is 0 Å². The fourth-order valence-corrected chi connectivity index (χ4v) is 3.37. The fourth-order valence-electron chi connectivity index (χ4n) is 3.37.